The molecule has 2 aromatic heterocycles. The second-order valence-electron chi connectivity index (χ2n) is 4.57. The van der Waals surface area contributed by atoms with E-state index in [0.717, 1.165) is 0 Å². The van der Waals surface area contributed by atoms with E-state index in [-0.39, 0.29) is 10.9 Å². The van der Waals surface area contributed by atoms with Crippen LogP contribution in [0.4, 0.5) is 5.69 Å². The summed E-state index contributed by atoms with van der Waals surface area (Å²) >= 11 is 0. The van der Waals surface area contributed by atoms with E-state index in [1.807, 2.05) is 13.0 Å². The molecule has 0 fully saturated rings. The van der Waals surface area contributed by atoms with Gasteiger partial charge in [-0.2, -0.15) is 0 Å². The Labute approximate surface area is 114 Å². The summed E-state index contributed by atoms with van der Waals surface area (Å²) in [6.07, 6.45) is 1.56. The van der Waals surface area contributed by atoms with E-state index in [2.05, 4.69) is 4.98 Å². The van der Waals surface area contributed by atoms with Crippen LogP contribution < -0.4 is 16.7 Å². The summed E-state index contributed by atoms with van der Waals surface area (Å²) in [5.74, 6) is 0. The number of nitrogens with zero attached hydrogens (tertiary/aromatic N) is 2. The van der Waals surface area contributed by atoms with E-state index in [1.165, 1.54) is 0 Å². The van der Waals surface area contributed by atoms with E-state index in [9.17, 15) is 4.79 Å². The van der Waals surface area contributed by atoms with E-state index in [0.29, 0.717) is 34.0 Å². The summed E-state index contributed by atoms with van der Waals surface area (Å²) < 4.78 is 1.56. The maximum atomic E-state index is 12.6. The fourth-order valence-electron chi connectivity index (χ4n) is 2.48. The highest BCUT2D eigenvalue weighted by atomic mass is 16.1. The molecule has 0 amide bonds. The molecule has 0 radical (unpaired) electrons. The van der Waals surface area contributed by atoms with Gasteiger partial charge in [-0.15, -0.1) is 0 Å². The average molecular weight is 266 g/mol. The van der Waals surface area contributed by atoms with Gasteiger partial charge in [0.05, 0.1) is 10.7 Å². The Bertz CT molecular complexity index is 944. The molecular formula is C15H14N4O. The van der Waals surface area contributed by atoms with Gasteiger partial charge >= 0.3 is 0 Å². The smallest absolute Gasteiger partial charge is 0.260 e. The number of rotatable bonds is 1. The third-order valence-electron chi connectivity index (χ3n) is 3.46. The number of benzene rings is 1. The van der Waals surface area contributed by atoms with Crippen LogP contribution in [0.1, 0.15) is 6.92 Å². The van der Waals surface area contributed by atoms with Crippen LogP contribution in [-0.2, 0) is 6.54 Å². The first-order chi connectivity index (χ1) is 9.65. The second kappa shape index (κ2) is 4.45. The molecule has 0 saturated heterocycles. The molecule has 20 heavy (non-hydrogen) atoms. The molecule has 0 aliphatic heterocycles. The zero-order valence-corrected chi connectivity index (χ0v) is 11.1. The largest absolute Gasteiger partial charge is 0.398 e. The molecule has 0 unspecified atom stereocenters. The second-order valence-corrected chi connectivity index (χ2v) is 4.57. The lowest BCUT2D eigenvalue weighted by Crippen LogP contribution is -2.17. The number of aromatic nitrogens is 2. The molecule has 0 aliphatic carbocycles. The molecule has 0 aliphatic rings. The van der Waals surface area contributed by atoms with Gasteiger partial charge in [0.25, 0.3) is 5.56 Å². The third kappa shape index (κ3) is 1.60. The molecule has 1 aromatic carbocycles. The molecule has 0 atom stereocenters. The number of aryl methyl sites for hydroxylation is 1. The van der Waals surface area contributed by atoms with Gasteiger partial charge < -0.3 is 5.73 Å². The van der Waals surface area contributed by atoms with Gasteiger partial charge in [0.15, 0.2) is 0 Å². The fraction of sp³-hybridized carbons (Fsp3) is 0.133. The zero-order valence-electron chi connectivity index (χ0n) is 11.1. The number of nitrogen functional groups attached to an aromatic ring is 1. The van der Waals surface area contributed by atoms with Gasteiger partial charge in [0.1, 0.15) is 5.65 Å². The molecule has 5 nitrogen and oxygen atoms in total. The third-order valence-corrected chi connectivity index (χ3v) is 3.46. The number of hydrogen-bond donors (Lipinski definition) is 2. The zero-order chi connectivity index (χ0) is 14.3. The molecule has 3 N–H and O–H groups in total. The quantitative estimate of drug-likeness (QED) is 0.702. The first-order valence-corrected chi connectivity index (χ1v) is 6.39. The number of pyridine rings is 1. The highest BCUT2D eigenvalue weighted by Gasteiger charge is 2.10. The Morgan fingerprint density at radius 2 is 1.95 bits per heavy atom. The minimum atomic E-state index is -0.148. The summed E-state index contributed by atoms with van der Waals surface area (Å²) in [6, 6.07) is 8.76. The number of nitrogens with one attached hydrogen (secondary N) is 1. The van der Waals surface area contributed by atoms with Crippen LogP contribution in [0.25, 0.3) is 21.8 Å². The van der Waals surface area contributed by atoms with Crippen molar-refractivity contribution in [3.8, 4) is 0 Å². The molecule has 2 heterocycles. The van der Waals surface area contributed by atoms with Crippen molar-refractivity contribution in [1.82, 2.24) is 9.55 Å². The van der Waals surface area contributed by atoms with Gasteiger partial charge in [0, 0.05) is 29.2 Å². The molecular weight excluding hydrogens is 252 g/mol. The van der Waals surface area contributed by atoms with E-state index in [1.54, 1.807) is 35.0 Å². The Morgan fingerprint density at radius 1 is 1.25 bits per heavy atom. The topological polar surface area (TPSA) is 84.8 Å². The maximum absolute atomic E-state index is 12.6. The lowest BCUT2D eigenvalue weighted by Gasteiger charge is -2.03. The number of fused-ring (bicyclic) bond motifs is 2. The lowest BCUT2D eigenvalue weighted by atomic mass is 10.1. The van der Waals surface area contributed by atoms with Crippen LogP contribution in [0, 0.1) is 5.41 Å². The minimum Gasteiger partial charge on any atom is -0.398 e. The summed E-state index contributed by atoms with van der Waals surface area (Å²) in [5, 5.41) is 10.3. The summed E-state index contributed by atoms with van der Waals surface area (Å²) in [6.45, 7) is 2.36. The molecule has 0 bridgehead atoms. The van der Waals surface area contributed by atoms with Gasteiger partial charge in [-0.1, -0.05) is 18.2 Å². The summed E-state index contributed by atoms with van der Waals surface area (Å²) in [4.78, 5) is 16.9. The SMILES string of the molecule is CCn1c(=O)c2ccccc2c(=N)c2c(N)ccnc21. The van der Waals surface area contributed by atoms with E-state index < -0.39 is 0 Å². The van der Waals surface area contributed by atoms with Gasteiger partial charge in [0.2, 0.25) is 0 Å². The standard InChI is InChI=1S/C15H14N4O/c1-2-19-14-12(11(16)7-8-18-14)13(17)9-5-3-4-6-10(9)15(19)20/h3-8,17H,2H2,1H3,(H2,16,18). The van der Waals surface area contributed by atoms with Crippen LogP contribution in [0.2, 0.25) is 0 Å². The average Bonchev–Trinajstić information content (AvgIpc) is 2.55. The Kier molecular flexibility index (Phi) is 2.75. The first-order valence-electron chi connectivity index (χ1n) is 6.39. The normalized spacial score (nSPS) is 11.1. The first kappa shape index (κ1) is 12.3. The van der Waals surface area contributed by atoms with Crippen molar-refractivity contribution < 1.29 is 0 Å². The molecule has 0 spiro atoms. The van der Waals surface area contributed by atoms with E-state index >= 15 is 0 Å². The molecule has 5 heteroatoms. The van der Waals surface area contributed by atoms with Crippen LogP contribution in [0.15, 0.2) is 41.3 Å². The van der Waals surface area contributed by atoms with Crippen molar-refractivity contribution in [1.29, 1.82) is 5.41 Å². The van der Waals surface area contributed by atoms with Crippen molar-refractivity contribution >= 4 is 27.5 Å². The van der Waals surface area contributed by atoms with Crippen LogP contribution >= 0.6 is 0 Å². The van der Waals surface area contributed by atoms with Crippen molar-refractivity contribution in [3.63, 3.8) is 0 Å². The Balaban J connectivity index is 2.83. The molecule has 3 aromatic rings. The monoisotopic (exact) mass is 266 g/mol. The maximum Gasteiger partial charge on any atom is 0.260 e. The van der Waals surface area contributed by atoms with Crippen LogP contribution in [-0.4, -0.2) is 9.55 Å². The minimum absolute atomic E-state index is 0.148. The Morgan fingerprint density at radius 3 is 2.65 bits per heavy atom. The van der Waals surface area contributed by atoms with Crippen LogP contribution in [0.5, 0.6) is 0 Å². The van der Waals surface area contributed by atoms with Crippen LogP contribution in [0.3, 0.4) is 0 Å². The number of anilines is 1. The Hall–Kier alpha value is -2.69. The highest BCUT2D eigenvalue weighted by Crippen LogP contribution is 2.15. The van der Waals surface area contributed by atoms with Crippen molar-refractivity contribution in [2.45, 2.75) is 13.5 Å². The number of nitrogens with two attached hydrogens (primary N) is 1. The predicted molar refractivity (Wildman–Crippen MR) is 79.5 cm³/mol. The van der Waals surface area contributed by atoms with Gasteiger partial charge in [-0.25, -0.2) is 4.98 Å². The van der Waals surface area contributed by atoms with Gasteiger partial charge in [-0.3, -0.25) is 14.8 Å². The fourth-order valence-corrected chi connectivity index (χ4v) is 2.48. The van der Waals surface area contributed by atoms with Crippen molar-refractivity contribution in [3.05, 3.63) is 52.2 Å². The van der Waals surface area contributed by atoms with Crippen molar-refractivity contribution in [2.24, 2.45) is 0 Å². The van der Waals surface area contributed by atoms with E-state index in [4.69, 9.17) is 11.1 Å². The molecule has 3 rings (SSSR count). The molecule has 0 saturated carbocycles. The summed E-state index contributed by atoms with van der Waals surface area (Å²) in [7, 11) is 0. The highest BCUT2D eigenvalue weighted by molar-refractivity contribution is 5.94. The predicted octanol–water partition coefficient (Wildman–Crippen LogP) is 1.63. The number of hydrogen-bond acceptors (Lipinski definition) is 4. The lowest BCUT2D eigenvalue weighted by molar-refractivity contribution is 0.758. The molecule has 100 valence electrons. The van der Waals surface area contributed by atoms with Gasteiger partial charge in [-0.05, 0) is 19.1 Å². The van der Waals surface area contributed by atoms with Crippen molar-refractivity contribution in [2.75, 3.05) is 5.73 Å². The summed E-state index contributed by atoms with van der Waals surface area (Å²) in [5.41, 5.74) is 6.77.